The quantitative estimate of drug-likeness (QED) is 0.600. The summed E-state index contributed by atoms with van der Waals surface area (Å²) in [5.74, 6) is 0.507. The van der Waals surface area contributed by atoms with Gasteiger partial charge in [0.15, 0.2) is 0 Å². The standard InChI is InChI=1S/C9H10NO/c1-2-5-10-9(3-1)8-4-6-11-7-8/h2-3,5,8H,4,6-7H2. The predicted molar refractivity (Wildman–Crippen MR) is 41.3 cm³/mol. The normalized spacial score (nSPS) is 23.8. The van der Waals surface area contributed by atoms with Gasteiger partial charge in [-0.3, -0.25) is 4.98 Å². The number of pyridine rings is 1. The summed E-state index contributed by atoms with van der Waals surface area (Å²) in [7, 11) is 0. The van der Waals surface area contributed by atoms with E-state index >= 15 is 0 Å². The molecule has 1 atom stereocenters. The SMILES string of the molecule is [c]1ccnc(C2CCOC2)c1. The van der Waals surface area contributed by atoms with Crippen LogP contribution in [0.25, 0.3) is 0 Å². The van der Waals surface area contributed by atoms with Crippen LogP contribution in [0.5, 0.6) is 0 Å². The van der Waals surface area contributed by atoms with Gasteiger partial charge in [-0.2, -0.15) is 0 Å². The van der Waals surface area contributed by atoms with Crippen LogP contribution in [0.2, 0.25) is 0 Å². The monoisotopic (exact) mass is 148 g/mol. The van der Waals surface area contributed by atoms with Crippen LogP contribution in [-0.2, 0) is 4.74 Å². The number of aromatic nitrogens is 1. The molecule has 1 aromatic heterocycles. The molecule has 0 saturated carbocycles. The highest BCUT2D eigenvalue weighted by Gasteiger charge is 2.17. The second-order valence-electron chi connectivity index (χ2n) is 2.74. The van der Waals surface area contributed by atoms with E-state index < -0.39 is 0 Å². The Morgan fingerprint density at radius 2 is 2.64 bits per heavy atom. The summed E-state index contributed by atoms with van der Waals surface area (Å²) in [6.45, 7) is 1.70. The molecule has 0 amide bonds. The van der Waals surface area contributed by atoms with E-state index in [1.807, 2.05) is 12.1 Å². The van der Waals surface area contributed by atoms with Gasteiger partial charge >= 0.3 is 0 Å². The first kappa shape index (κ1) is 6.80. The highest BCUT2D eigenvalue weighted by Crippen LogP contribution is 2.22. The van der Waals surface area contributed by atoms with Crippen molar-refractivity contribution in [1.29, 1.82) is 0 Å². The molecular weight excluding hydrogens is 138 g/mol. The zero-order valence-corrected chi connectivity index (χ0v) is 6.29. The number of hydrogen-bond acceptors (Lipinski definition) is 2. The van der Waals surface area contributed by atoms with Crippen molar-refractivity contribution < 1.29 is 4.74 Å². The molecule has 0 aliphatic carbocycles. The summed E-state index contributed by atoms with van der Waals surface area (Å²) in [6.07, 6.45) is 2.89. The molecule has 1 radical (unpaired) electrons. The third kappa shape index (κ3) is 1.40. The smallest absolute Gasteiger partial charge is 0.0550 e. The van der Waals surface area contributed by atoms with Gasteiger partial charge in [0.05, 0.1) is 6.61 Å². The van der Waals surface area contributed by atoms with Crippen molar-refractivity contribution in [2.45, 2.75) is 12.3 Å². The lowest BCUT2D eigenvalue weighted by molar-refractivity contribution is 0.193. The van der Waals surface area contributed by atoms with Crippen molar-refractivity contribution in [1.82, 2.24) is 4.98 Å². The molecule has 0 aromatic carbocycles. The van der Waals surface area contributed by atoms with Crippen LogP contribution >= 0.6 is 0 Å². The molecule has 57 valence electrons. The summed E-state index contributed by atoms with van der Waals surface area (Å²) in [6, 6.07) is 6.78. The highest BCUT2D eigenvalue weighted by atomic mass is 16.5. The minimum atomic E-state index is 0.507. The Kier molecular flexibility index (Phi) is 1.86. The molecule has 11 heavy (non-hydrogen) atoms. The minimum Gasteiger partial charge on any atom is -0.381 e. The molecule has 1 aliphatic heterocycles. The van der Waals surface area contributed by atoms with Crippen molar-refractivity contribution in [3.63, 3.8) is 0 Å². The Hall–Kier alpha value is -0.890. The molecule has 1 unspecified atom stereocenters. The Labute approximate surface area is 66.2 Å². The van der Waals surface area contributed by atoms with Gasteiger partial charge in [-0.25, -0.2) is 0 Å². The van der Waals surface area contributed by atoms with E-state index in [9.17, 15) is 0 Å². The molecule has 2 rings (SSSR count). The zero-order chi connectivity index (χ0) is 7.52. The number of nitrogens with zero attached hydrogens (tertiary/aromatic N) is 1. The summed E-state index contributed by atoms with van der Waals surface area (Å²) in [5.41, 5.74) is 1.12. The van der Waals surface area contributed by atoms with E-state index in [0.717, 1.165) is 25.3 Å². The minimum absolute atomic E-state index is 0.507. The fourth-order valence-corrected chi connectivity index (χ4v) is 1.33. The van der Waals surface area contributed by atoms with Gasteiger partial charge in [0, 0.05) is 24.4 Å². The summed E-state index contributed by atoms with van der Waals surface area (Å²) < 4.78 is 5.26. The van der Waals surface area contributed by atoms with Crippen molar-refractivity contribution in [2.75, 3.05) is 13.2 Å². The largest absolute Gasteiger partial charge is 0.381 e. The average Bonchev–Trinajstić information content (AvgIpc) is 2.58. The van der Waals surface area contributed by atoms with Crippen LogP contribution in [0.1, 0.15) is 18.0 Å². The van der Waals surface area contributed by atoms with Gasteiger partial charge in [-0.15, -0.1) is 0 Å². The molecule has 1 saturated heterocycles. The fourth-order valence-electron chi connectivity index (χ4n) is 1.33. The molecule has 1 aliphatic rings. The lowest BCUT2D eigenvalue weighted by Gasteiger charge is -2.04. The maximum absolute atomic E-state index is 5.26. The molecule has 1 fully saturated rings. The van der Waals surface area contributed by atoms with Crippen molar-refractivity contribution in [3.8, 4) is 0 Å². The van der Waals surface area contributed by atoms with Crippen LogP contribution in [0.4, 0.5) is 0 Å². The highest BCUT2D eigenvalue weighted by molar-refractivity contribution is 5.09. The van der Waals surface area contributed by atoms with E-state index in [2.05, 4.69) is 11.1 Å². The van der Waals surface area contributed by atoms with Gasteiger partial charge < -0.3 is 4.74 Å². The van der Waals surface area contributed by atoms with Gasteiger partial charge in [0.25, 0.3) is 0 Å². The van der Waals surface area contributed by atoms with Crippen molar-refractivity contribution in [2.24, 2.45) is 0 Å². The molecule has 2 nitrogen and oxygen atoms in total. The third-order valence-corrected chi connectivity index (χ3v) is 1.97. The maximum atomic E-state index is 5.26. The topological polar surface area (TPSA) is 22.1 Å². The number of hydrogen-bond donors (Lipinski definition) is 0. The lowest BCUT2D eigenvalue weighted by atomic mass is 10.0. The van der Waals surface area contributed by atoms with Crippen LogP contribution in [0.15, 0.2) is 18.3 Å². The van der Waals surface area contributed by atoms with Crippen LogP contribution in [0, 0.1) is 6.07 Å². The van der Waals surface area contributed by atoms with E-state index in [1.54, 1.807) is 6.20 Å². The molecule has 0 bridgehead atoms. The first-order valence-corrected chi connectivity index (χ1v) is 3.86. The molecule has 1 aromatic rings. The van der Waals surface area contributed by atoms with Crippen LogP contribution in [-0.4, -0.2) is 18.2 Å². The second-order valence-corrected chi connectivity index (χ2v) is 2.74. The summed E-state index contributed by atoms with van der Waals surface area (Å²) in [4.78, 5) is 4.25. The number of ether oxygens (including phenoxy) is 1. The molecule has 0 spiro atoms. The Morgan fingerprint density at radius 1 is 1.64 bits per heavy atom. The molecule has 2 heterocycles. The maximum Gasteiger partial charge on any atom is 0.0550 e. The molecular formula is C9H10NO. The number of rotatable bonds is 1. The Morgan fingerprint density at radius 3 is 3.27 bits per heavy atom. The van der Waals surface area contributed by atoms with Crippen LogP contribution in [0.3, 0.4) is 0 Å². The third-order valence-electron chi connectivity index (χ3n) is 1.97. The lowest BCUT2D eigenvalue weighted by Crippen LogP contribution is -1.99. The van der Waals surface area contributed by atoms with Crippen LogP contribution < -0.4 is 0 Å². The van der Waals surface area contributed by atoms with Gasteiger partial charge in [0.1, 0.15) is 0 Å². The summed E-state index contributed by atoms with van der Waals surface area (Å²) in [5, 5.41) is 0. The molecule has 0 N–H and O–H groups in total. The van der Waals surface area contributed by atoms with Gasteiger partial charge in [-0.05, 0) is 24.6 Å². The second kappa shape index (κ2) is 3.01. The van der Waals surface area contributed by atoms with E-state index in [1.165, 1.54) is 0 Å². The Balaban J connectivity index is 2.16. The fraction of sp³-hybridized carbons (Fsp3) is 0.444. The van der Waals surface area contributed by atoms with Gasteiger partial charge in [0.2, 0.25) is 0 Å². The first-order valence-electron chi connectivity index (χ1n) is 3.86. The average molecular weight is 148 g/mol. The molecule has 2 heteroatoms. The Bertz CT molecular complexity index is 216. The van der Waals surface area contributed by atoms with E-state index in [-0.39, 0.29) is 0 Å². The first-order chi connectivity index (χ1) is 5.47. The summed E-state index contributed by atoms with van der Waals surface area (Å²) >= 11 is 0. The van der Waals surface area contributed by atoms with Crippen molar-refractivity contribution >= 4 is 0 Å². The predicted octanol–water partition coefficient (Wildman–Crippen LogP) is 1.39. The van der Waals surface area contributed by atoms with Gasteiger partial charge in [-0.1, -0.05) is 0 Å². The zero-order valence-electron chi connectivity index (χ0n) is 6.29. The van der Waals surface area contributed by atoms with Crippen molar-refractivity contribution in [3.05, 3.63) is 30.1 Å². The van der Waals surface area contributed by atoms with E-state index in [4.69, 9.17) is 4.74 Å². The van der Waals surface area contributed by atoms with E-state index in [0.29, 0.717) is 5.92 Å².